The molecule has 1 atom stereocenters. The molecule has 0 aliphatic rings. The number of ether oxygens (including phenoxy) is 1. The molecule has 0 radical (unpaired) electrons. The van der Waals surface area contributed by atoms with Crippen molar-refractivity contribution in [2.24, 2.45) is 5.92 Å². The summed E-state index contributed by atoms with van der Waals surface area (Å²) in [5.41, 5.74) is 0.561. The average molecular weight is 220 g/mol. The molecule has 1 rings (SSSR count). The Hall–Kier alpha value is -1.64. The lowest BCUT2D eigenvalue weighted by atomic mass is 10.1. The SMILES string of the molecule is C[C@H](C=O)CCCOC(=O)c1ccccc1. The predicted octanol–water partition coefficient (Wildman–Crippen LogP) is 2.46. The van der Waals surface area contributed by atoms with E-state index in [0.717, 1.165) is 19.1 Å². The van der Waals surface area contributed by atoms with Crippen LogP contribution >= 0.6 is 0 Å². The third-order valence-electron chi connectivity index (χ3n) is 2.28. The number of carbonyl (C=O) groups is 2. The van der Waals surface area contributed by atoms with E-state index in [1.807, 2.05) is 13.0 Å². The number of hydrogen-bond acceptors (Lipinski definition) is 3. The van der Waals surface area contributed by atoms with Gasteiger partial charge in [-0.25, -0.2) is 4.79 Å². The lowest BCUT2D eigenvalue weighted by Gasteiger charge is -2.05. The number of benzene rings is 1. The van der Waals surface area contributed by atoms with Crippen molar-refractivity contribution in [2.75, 3.05) is 6.61 Å². The van der Waals surface area contributed by atoms with Gasteiger partial charge in [0.1, 0.15) is 6.29 Å². The van der Waals surface area contributed by atoms with E-state index in [-0.39, 0.29) is 11.9 Å². The van der Waals surface area contributed by atoms with E-state index in [1.54, 1.807) is 24.3 Å². The van der Waals surface area contributed by atoms with Crippen LogP contribution in [0.15, 0.2) is 30.3 Å². The lowest BCUT2D eigenvalue weighted by molar-refractivity contribution is -0.110. The van der Waals surface area contributed by atoms with Crippen molar-refractivity contribution in [1.82, 2.24) is 0 Å². The Morgan fingerprint density at radius 2 is 2.06 bits per heavy atom. The van der Waals surface area contributed by atoms with Crippen molar-refractivity contribution in [2.45, 2.75) is 19.8 Å². The molecule has 0 fully saturated rings. The monoisotopic (exact) mass is 220 g/mol. The molecule has 0 saturated carbocycles. The molecule has 0 saturated heterocycles. The van der Waals surface area contributed by atoms with Crippen LogP contribution in [-0.2, 0) is 9.53 Å². The van der Waals surface area contributed by atoms with E-state index in [1.165, 1.54) is 0 Å². The molecule has 0 aliphatic carbocycles. The van der Waals surface area contributed by atoms with Crippen molar-refractivity contribution in [1.29, 1.82) is 0 Å². The molecule has 86 valence electrons. The first-order chi connectivity index (χ1) is 7.74. The maximum atomic E-state index is 11.5. The molecule has 3 nitrogen and oxygen atoms in total. The van der Waals surface area contributed by atoms with Gasteiger partial charge < -0.3 is 9.53 Å². The van der Waals surface area contributed by atoms with Gasteiger partial charge in [-0.2, -0.15) is 0 Å². The zero-order chi connectivity index (χ0) is 11.8. The third kappa shape index (κ3) is 4.26. The zero-order valence-electron chi connectivity index (χ0n) is 9.39. The van der Waals surface area contributed by atoms with E-state index in [4.69, 9.17) is 4.74 Å². The van der Waals surface area contributed by atoms with Gasteiger partial charge >= 0.3 is 5.97 Å². The lowest BCUT2D eigenvalue weighted by Crippen LogP contribution is -2.07. The zero-order valence-corrected chi connectivity index (χ0v) is 9.39. The number of hydrogen-bond donors (Lipinski definition) is 0. The second kappa shape index (κ2) is 6.77. The molecule has 0 bridgehead atoms. The summed E-state index contributed by atoms with van der Waals surface area (Å²) in [5, 5.41) is 0. The van der Waals surface area contributed by atoms with Crippen LogP contribution in [0.3, 0.4) is 0 Å². The molecule has 3 heteroatoms. The van der Waals surface area contributed by atoms with E-state index < -0.39 is 0 Å². The van der Waals surface area contributed by atoms with Gasteiger partial charge in [0.05, 0.1) is 12.2 Å². The van der Waals surface area contributed by atoms with Crippen LogP contribution in [0.5, 0.6) is 0 Å². The van der Waals surface area contributed by atoms with Crippen LogP contribution in [0.4, 0.5) is 0 Å². The second-order valence-electron chi connectivity index (χ2n) is 3.76. The van der Waals surface area contributed by atoms with Crippen molar-refractivity contribution < 1.29 is 14.3 Å². The van der Waals surface area contributed by atoms with Gasteiger partial charge in [0.15, 0.2) is 0 Å². The summed E-state index contributed by atoms with van der Waals surface area (Å²) in [6.45, 7) is 2.22. The maximum Gasteiger partial charge on any atom is 0.338 e. The minimum Gasteiger partial charge on any atom is -0.462 e. The highest BCUT2D eigenvalue weighted by atomic mass is 16.5. The molecular formula is C13H16O3. The fraction of sp³-hybridized carbons (Fsp3) is 0.385. The molecule has 0 amide bonds. The fourth-order valence-electron chi connectivity index (χ4n) is 1.30. The topological polar surface area (TPSA) is 43.4 Å². The van der Waals surface area contributed by atoms with Crippen LogP contribution in [0.25, 0.3) is 0 Å². The number of aldehydes is 1. The van der Waals surface area contributed by atoms with Crippen molar-refractivity contribution in [3.63, 3.8) is 0 Å². The molecule has 1 aromatic rings. The normalized spacial score (nSPS) is 11.8. The van der Waals surface area contributed by atoms with Gasteiger partial charge in [0.2, 0.25) is 0 Å². The Labute approximate surface area is 95.4 Å². The van der Waals surface area contributed by atoms with E-state index in [0.29, 0.717) is 12.2 Å². The highest BCUT2D eigenvalue weighted by Gasteiger charge is 2.06. The number of carbonyl (C=O) groups excluding carboxylic acids is 2. The molecule has 0 N–H and O–H groups in total. The average Bonchev–Trinajstić information content (AvgIpc) is 2.35. The van der Waals surface area contributed by atoms with Crippen LogP contribution in [-0.4, -0.2) is 18.9 Å². The number of esters is 1. The Kier molecular flexibility index (Phi) is 5.26. The fourth-order valence-corrected chi connectivity index (χ4v) is 1.30. The van der Waals surface area contributed by atoms with E-state index in [9.17, 15) is 9.59 Å². The van der Waals surface area contributed by atoms with Crippen molar-refractivity contribution in [3.05, 3.63) is 35.9 Å². The Morgan fingerprint density at radius 1 is 1.38 bits per heavy atom. The standard InChI is InChI=1S/C13H16O3/c1-11(10-14)6-5-9-16-13(15)12-7-3-2-4-8-12/h2-4,7-8,10-11H,5-6,9H2,1H3/t11-/m0/s1. The first-order valence-corrected chi connectivity index (χ1v) is 5.41. The number of rotatable bonds is 6. The predicted molar refractivity (Wildman–Crippen MR) is 61.2 cm³/mol. The summed E-state index contributed by atoms with van der Waals surface area (Å²) in [4.78, 5) is 21.8. The van der Waals surface area contributed by atoms with Crippen LogP contribution in [0.1, 0.15) is 30.1 Å². The summed E-state index contributed by atoms with van der Waals surface area (Å²) < 4.78 is 5.07. The van der Waals surface area contributed by atoms with Gasteiger partial charge in [0, 0.05) is 5.92 Å². The maximum absolute atomic E-state index is 11.5. The molecule has 0 unspecified atom stereocenters. The summed E-state index contributed by atoms with van der Waals surface area (Å²) in [6, 6.07) is 8.88. The molecule has 0 aromatic heterocycles. The highest BCUT2D eigenvalue weighted by Crippen LogP contribution is 2.05. The molecule has 0 aliphatic heterocycles. The Morgan fingerprint density at radius 3 is 2.69 bits per heavy atom. The highest BCUT2D eigenvalue weighted by molar-refractivity contribution is 5.89. The molecule has 16 heavy (non-hydrogen) atoms. The van der Waals surface area contributed by atoms with Gasteiger partial charge in [-0.3, -0.25) is 0 Å². The quantitative estimate of drug-likeness (QED) is 0.420. The van der Waals surface area contributed by atoms with E-state index in [2.05, 4.69) is 0 Å². The minimum atomic E-state index is -0.306. The van der Waals surface area contributed by atoms with Crippen LogP contribution < -0.4 is 0 Å². The van der Waals surface area contributed by atoms with Crippen LogP contribution in [0.2, 0.25) is 0 Å². The van der Waals surface area contributed by atoms with Crippen molar-refractivity contribution >= 4 is 12.3 Å². The van der Waals surface area contributed by atoms with Gasteiger partial charge in [0.25, 0.3) is 0 Å². The minimum absolute atomic E-state index is 0.0374. The molecule has 1 aromatic carbocycles. The summed E-state index contributed by atoms with van der Waals surface area (Å²) in [7, 11) is 0. The smallest absolute Gasteiger partial charge is 0.338 e. The first-order valence-electron chi connectivity index (χ1n) is 5.41. The molecular weight excluding hydrogens is 204 g/mol. The second-order valence-corrected chi connectivity index (χ2v) is 3.76. The van der Waals surface area contributed by atoms with E-state index >= 15 is 0 Å². The summed E-state index contributed by atoms with van der Waals surface area (Å²) in [6.07, 6.45) is 2.39. The third-order valence-corrected chi connectivity index (χ3v) is 2.28. The molecule has 0 spiro atoms. The Bertz CT molecular complexity index is 332. The first kappa shape index (κ1) is 12.4. The largest absolute Gasteiger partial charge is 0.462 e. The van der Waals surface area contributed by atoms with Gasteiger partial charge in [-0.05, 0) is 25.0 Å². The Balaban J connectivity index is 2.24. The molecule has 0 heterocycles. The van der Waals surface area contributed by atoms with Crippen LogP contribution in [0, 0.1) is 5.92 Å². The summed E-state index contributed by atoms with van der Waals surface area (Å²) >= 11 is 0. The van der Waals surface area contributed by atoms with Crippen molar-refractivity contribution in [3.8, 4) is 0 Å². The summed E-state index contributed by atoms with van der Waals surface area (Å²) in [5.74, 6) is -0.269. The van der Waals surface area contributed by atoms with Gasteiger partial charge in [-0.1, -0.05) is 25.1 Å². The van der Waals surface area contributed by atoms with Gasteiger partial charge in [-0.15, -0.1) is 0 Å².